The number of aliphatic carboxylic acids is 1. The summed E-state index contributed by atoms with van der Waals surface area (Å²) in [5, 5.41) is 8.83. The van der Waals surface area contributed by atoms with Crippen LogP contribution in [-0.2, 0) is 14.3 Å². The van der Waals surface area contributed by atoms with Crippen LogP contribution in [0, 0.1) is 0 Å². The van der Waals surface area contributed by atoms with Crippen molar-refractivity contribution >= 4 is 11.9 Å². The summed E-state index contributed by atoms with van der Waals surface area (Å²) in [7, 11) is 1.51. The highest BCUT2D eigenvalue weighted by molar-refractivity contribution is 5.81. The fourth-order valence-corrected chi connectivity index (χ4v) is 1.96. The van der Waals surface area contributed by atoms with Gasteiger partial charge >= 0.3 is 5.97 Å². The molecule has 0 saturated carbocycles. The Morgan fingerprint density at radius 2 is 2.00 bits per heavy atom. The van der Waals surface area contributed by atoms with E-state index in [2.05, 4.69) is 0 Å². The molecule has 0 heterocycles. The first-order valence-corrected chi connectivity index (χ1v) is 6.83. The van der Waals surface area contributed by atoms with Crippen LogP contribution in [0.5, 0.6) is 0 Å². The van der Waals surface area contributed by atoms with Gasteiger partial charge < -0.3 is 20.5 Å². The average molecular weight is 294 g/mol. The van der Waals surface area contributed by atoms with E-state index in [0.717, 1.165) is 5.56 Å². The Hall–Kier alpha value is -1.92. The Bertz CT molecular complexity index is 450. The summed E-state index contributed by atoms with van der Waals surface area (Å²) in [5.74, 6) is -1.26. The predicted octanol–water partition coefficient (Wildman–Crippen LogP) is 1.03. The van der Waals surface area contributed by atoms with Crippen molar-refractivity contribution < 1.29 is 19.4 Å². The highest BCUT2D eigenvalue weighted by Crippen LogP contribution is 2.15. The summed E-state index contributed by atoms with van der Waals surface area (Å²) in [6.07, 6.45) is 0.693. The van der Waals surface area contributed by atoms with Crippen molar-refractivity contribution in [1.29, 1.82) is 0 Å². The zero-order chi connectivity index (χ0) is 15.7. The first-order chi connectivity index (χ1) is 10.0. The minimum Gasteiger partial charge on any atom is -0.480 e. The Labute approximate surface area is 124 Å². The van der Waals surface area contributed by atoms with Gasteiger partial charge in [-0.25, -0.2) is 0 Å². The van der Waals surface area contributed by atoms with Gasteiger partial charge in [0.15, 0.2) is 0 Å². The molecule has 1 aromatic carbocycles. The summed E-state index contributed by atoms with van der Waals surface area (Å²) in [6, 6.07) is 9.29. The molecule has 0 bridgehead atoms. The normalized spacial score (nSPS) is 11.9. The smallest absolute Gasteiger partial charge is 0.323 e. The third-order valence-electron chi connectivity index (χ3n) is 3.14. The quantitative estimate of drug-likeness (QED) is 0.709. The van der Waals surface area contributed by atoms with Gasteiger partial charge in [0, 0.05) is 26.1 Å². The van der Waals surface area contributed by atoms with E-state index in [-0.39, 0.29) is 31.5 Å². The number of hydrogen-bond acceptors (Lipinski definition) is 4. The third kappa shape index (κ3) is 6.37. The number of carboxylic acid groups (broad SMARTS) is 1. The van der Waals surface area contributed by atoms with Gasteiger partial charge in [-0.15, -0.1) is 0 Å². The van der Waals surface area contributed by atoms with Gasteiger partial charge in [0.25, 0.3) is 0 Å². The molecular formula is C15H22N2O4. The van der Waals surface area contributed by atoms with E-state index < -0.39 is 5.97 Å². The zero-order valence-electron chi connectivity index (χ0n) is 12.2. The number of carbonyl (C=O) groups is 2. The van der Waals surface area contributed by atoms with E-state index in [9.17, 15) is 9.59 Å². The minimum atomic E-state index is -1.04. The number of benzene rings is 1. The molecular weight excluding hydrogens is 272 g/mol. The topological polar surface area (TPSA) is 92.9 Å². The Kier molecular flexibility index (Phi) is 7.42. The van der Waals surface area contributed by atoms with Gasteiger partial charge in [-0.1, -0.05) is 30.3 Å². The van der Waals surface area contributed by atoms with Crippen LogP contribution in [0.3, 0.4) is 0 Å². The van der Waals surface area contributed by atoms with Gasteiger partial charge in [0.1, 0.15) is 6.54 Å². The van der Waals surface area contributed by atoms with E-state index in [1.165, 1.54) is 12.0 Å². The van der Waals surface area contributed by atoms with Crippen LogP contribution in [0.25, 0.3) is 0 Å². The zero-order valence-corrected chi connectivity index (χ0v) is 12.2. The Balaban J connectivity index is 2.50. The van der Waals surface area contributed by atoms with Crippen molar-refractivity contribution in [2.75, 3.05) is 26.8 Å². The second-order valence-electron chi connectivity index (χ2n) is 4.76. The van der Waals surface area contributed by atoms with Gasteiger partial charge in [-0.05, 0) is 12.0 Å². The van der Waals surface area contributed by atoms with E-state index in [1.54, 1.807) is 0 Å². The number of nitrogens with zero attached hydrogens (tertiary/aromatic N) is 1. The Morgan fingerprint density at radius 1 is 1.33 bits per heavy atom. The number of ether oxygens (including phenoxy) is 1. The van der Waals surface area contributed by atoms with Gasteiger partial charge in [0.2, 0.25) is 5.91 Å². The number of hydrogen-bond donors (Lipinski definition) is 2. The lowest BCUT2D eigenvalue weighted by atomic mass is 10.0. The Morgan fingerprint density at radius 3 is 2.57 bits per heavy atom. The largest absolute Gasteiger partial charge is 0.480 e. The summed E-state index contributed by atoms with van der Waals surface area (Å²) in [5.41, 5.74) is 7.00. The maximum atomic E-state index is 12.1. The fraction of sp³-hybridized carbons (Fsp3) is 0.467. The fourth-order valence-electron chi connectivity index (χ4n) is 1.96. The van der Waals surface area contributed by atoms with Crippen LogP contribution in [0.4, 0.5) is 0 Å². The molecule has 1 atom stereocenters. The second-order valence-corrected chi connectivity index (χ2v) is 4.76. The molecule has 1 unspecified atom stereocenters. The number of rotatable bonds is 9. The standard InChI is InChI=1S/C15H22N2O4/c1-21-10-9-17(11-15(19)20)14(18)8-7-13(16)12-5-3-2-4-6-12/h2-6,13H,7-11,16H2,1H3,(H,19,20). The second kappa shape index (κ2) is 9.10. The first-order valence-electron chi connectivity index (χ1n) is 6.83. The van der Waals surface area contributed by atoms with Crippen molar-refractivity contribution in [2.24, 2.45) is 5.73 Å². The predicted molar refractivity (Wildman–Crippen MR) is 78.7 cm³/mol. The summed E-state index contributed by atoms with van der Waals surface area (Å²) < 4.78 is 4.89. The van der Waals surface area contributed by atoms with Crippen LogP contribution in [-0.4, -0.2) is 48.7 Å². The molecule has 0 aliphatic rings. The molecule has 0 saturated heterocycles. The van der Waals surface area contributed by atoms with Gasteiger partial charge in [0.05, 0.1) is 6.61 Å². The number of amides is 1. The molecule has 21 heavy (non-hydrogen) atoms. The van der Waals surface area contributed by atoms with E-state index >= 15 is 0 Å². The van der Waals surface area contributed by atoms with Gasteiger partial charge in [-0.3, -0.25) is 9.59 Å². The third-order valence-corrected chi connectivity index (χ3v) is 3.14. The number of carboxylic acids is 1. The number of nitrogens with two attached hydrogens (primary N) is 1. The molecule has 1 aromatic rings. The first kappa shape index (κ1) is 17.1. The SMILES string of the molecule is COCCN(CC(=O)O)C(=O)CCC(N)c1ccccc1. The van der Waals surface area contributed by atoms with Crippen LogP contribution in [0.2, 0.25) is 0 Å². The van der Waals surface area contributed by atoms with Crippen molar-refractivity contribution in [3.8, 4) is 0 Å². The van der Waals surface area contributed by atoms with E-state index in [1.807, 2.05) is 30.3 Å². The molecule has 0 aliphatic carbocycles. The molecule has 116 valence electrons. The molecule has 0 fully saturated rings. The lowest BCUT2D eigenvalue weighted by Gasteiger charge is -2.21. The maximum Gasteiger partial charge on any atom is 0.323 e. The lowest BCUT2D eigenvalue weighted by Crippen LogP contribution is -2.38. The molecule has 6 nitrogen and oxygen atoms in total. The molecule has 6 heteroatoms. The summed E-state index contributed by atoms with van der Waals surface area (Å²) >= 11 is 0. The van der Waals surface area contributed by atoms with Crippen LogP contribution in [0.1, 0.15) is 24.4 Å². The van der Waals surface area contributed by atoms with Crippen LogP contribution in [0.15, 0.2) is 30.3 Å². The molecule has 0 spiro atoms. The van der Waals surface area contributed by atoms with E-state index in [0.29, 0.717) is 13.0 Å². The van der Waals surface area contributed by atoms with Crippen molar-refractivity contribution in [3.63, 3.8) is 0 Å². The number of carbonyl (C=O) groups excluding carboxylic acids is 1. The van der Waals surface area contributed by atoms with E-state index in [4.69, 9.17) is 15.6 Å². The molecule has 0 aliphatic heterocycles. The average Bonchev–Trinajstić information content (AvgIpc) is 2.49. The highest BCUT2D eigenvalue weighted by Gasteiger charge is 2.17. The van der Waals surface area contributed by atoms with Crippen molar-refractivity contribution in [1.82, 2.24) is 4.90 Å². The van der Waals surface area contributed by atoms with Crippen molar-refractivity contribution in [2.45, 2.75) is 18.9 Å². The summed E-state index contributed by atoms with van der Waals surface area (Å²) in [6.45, 7) is 0.259. The molecule has 3 N–H and O–H groups in total. The molecule has 1 rings (SSSR count). The highest BCUT2D eigenvalue weighted by atomic mass is 16.5. The summed E-state index contributed by atoms with van der Waals surface area (Å²) in [4.78, 5) is 24.1. The monoisotopic (exact) mass is 294 g/mol. The van der Waals surface area contributed by atoms with Crippen LogP contribution < -0.4 is 5.73 Å². The lowest BCUT2D eigenvalue weighted by molar-refractivity contribution is -0.145. The number of methoxy groups -OCH3 is 1. The van der Waals surface area contributed by atoms with Gasteiger partial charge in [-0.2, -0.15) is 0 Å². The minimum absolute atomic E-state index is 0.215. The van der Waals surface area contributed by atoms with Crippen molar-refractivity contribution in [3.05, 3.63) is 35.9 Å². The molecule has 1 amide bonds. The molecule has 0 radical (unpaired) electrons. The maximum absolute atomic E-state index is 12.1. The molecule has 0 aromatic heterocycles. The van der Waals surface area contributed by atoms with Crippen LogP contribution >= 0.6 is 0 Å².